The second-order valence-corrected chi connectivity index (χ2v) is 8.33. The van der Waals surface area contributed by atoms with E-state index in [1.54, 1.807) is 4.90 Å². The molecule has 1 fully saturated rings. The number of rotatable bonds is 3. The molecule has 1 aliphatic heterocycles. The van der Waals surface area contributed by atoms with Crippen LogP contribution in [0.25, 0.3) is 0 Å². The maximum Gasteiger partial charge on any atom is 0.410 e. The third-order valence-corrected chi connectivity index (χ3v) is 4.95. The largest absolute Gasteiger partial charge is 0.444 e. The maximum absolute atomic E-state index is 12.5. The van der Waals surface area contributed by atoms with Gasteiger partial charge in [-0.25, -0.2) is 4.79 Å². The van der Waals surface area contributed by atoms with Crippen LogP contribution in [0.5, 0.6) is 0 Å². The number of benzene rings is 1. The summed E-state index contributed by atoms with van der Waals surface area (Å²) in [5.74, 6) is 0.0745. The summed E-state index contributed by atoms with van der Waals surface area (Å²) in [5.41, 5.74) is 3.42. The zero-order chi connectivity index (χ0) is 19.5. The van der Waals surface area contributed by atoms with E-state index in [0.717, 1.165) is 10.7 Å². The average Bonchev–Trinajstić information content (AvgIpc) is 2.55. The number of amides is 1. The molecule has 0 bridgehead atoms. The Hall–Kier alpha value is -1.95. The normalized spacial score (nSPS) is 17.2. The van der Waals surface area contributed by atoms with Gasteiger partial charge in [0, 0.05) is 24.2 Å². The molecule has 0 saturated carbocycles. The summed E-state index contributed by atoms with van der Waals surface area (Å²) >= 11 is 1.48. The minimum atomic E-state index is -0.553. The molecule has 1 aromatic rings. The standard InChI is InChI=1S/C20H28N2O3S/c1-13-7-8-15(11-14(13)2)21-18(26-6)16-12-22(10-9-17(16)23)19(24)25-20(3,4)5/h7-8,11,21H,9-10,12H2,1-6H3/b18-16-. The molecule has 1 heterocycles. The monoisotopic (exact) mass is 376 g/mol. The molecule has 1 N–H and O–H groups in total. The minimum absolute atomic E-state index is 0.0745. The Bertz CT molecular complexity index is 735. The summed E-state index contributed by atoms with van der Waals surface area (Å²) < 4.78 is 5.45. The van der Waals surface area contributed by atoms with E-state index in [1.165, 1.54) is 22.9 Å². The van der Waals surface area contributed by atoms with Crippen molar-refractivity contribution in [3.8, 4) is 0 Å². The highest BCUT2D eigenvalue weighted by Crippen LogP contribution is 2.26. The van der Waals surface area contributed by atoms with Crippen LogP contribution < -0.4 is 5.32 Å². The van der Waals surface area contributed by atoms with Crippen molar-refractivity contribution >= 4 is 29.3 Å². The average molecular weight is 377 g/mol. The van der Waals surface area contributed by atoms with Gasteiger partial charge in [0.05, 0.1) is 11.6 Å². The number of hydrogen-bond acceptors (Lipinski definition) is 5. The highest BCUT2D eigenvalue weighted by atomic mass is 32.2. The van der Waals surface area contributed by atoms with Crippen LogP contribution in [0, 0.1) is 13.8 Å². The Labute approximate surface area is 160 Å². The molecule has 2 rings (SSSR count). The Balaban J connectivity index is 2.23. The zero-order valence-corrected chi connectivity index (χ0v) is 17.3. The van der Waals surface area contributed by atoms with Crippen LogP contribution >= 0.6 is 11.8 Å². The van der Waals surface area contributed by atoms with Crippen LogP contribution in [-0.4, -0.2) is 41.7 Å². The van der Waals surface area contributed by atoms with Gasteiger partial charge in [0.1, 0.15) is 5.60 Å². The number of likely N-dealkylation sites (tertiary alicyclic amines) is 1. The van der Waals surface area contributed by atoms with Gasteiger partial charge < -0.3 is 15.0 Å². The minimum Gasteiger partial charge on any atom is -0.444 e. The van der Waals surface area contributed by atoms with Crippen molar-refractivity contribution in [1.29, 1.82) is 0 Å². The summed E-state index contributed by atoms with van der Waals surface area (Å²) in [6.45, 7) is 10.3. The lowest BCUT2D eigenvalue weighted by Crippen LogP contribution is -2.43. The molecule has 0 aliphatic carbocycles. The SMILES string of the molecule is CS/C(Nc1ccc(C)c(C)c1)=C1/CN(C(=O)OC(C)(C)C)CCC1=O. The summed E-state index contributed by atoms with van der Waals surface area (Å²) in [4.78, 5) is 26.4. The molecule has 1 amide bonds. The number of hydrogen-bond donors (Lipinski definition) is 1. The van der Waals surface area contributed by atoms with E-state index >= 15 is 0 Å². The van der Waals surface area contributed by atoms with Gasteiger partial charge in [0.15, 0.2) is 5.78 Å². The fourth-order valence-electron chi connectivity index (χ4n) is 2.63. The Kier molecular flexibility index (Phi) is 6.39. The first-order chi connectivity index (χ1) is 12.1. The number of anilines is 1. The summed E-state index contributed by atoms with van der Waals surface area (Å²) in [6.07, 6.45) is 1.86. The summed E-state index contributed by atoms with van der Waals surface area (Å²) in [6, 6.07) is 6.11. The highest BCUT2D eigenvalue weighted by Gasteiger charge is 2.30. The van der Waals surface area contributed by atoms with Gasteiger partial charge in [0.25, 0.3) is 0 Å². The molecular weight excluding hydrogens is 348 g/mol. The smallest absolute Gasteiger partial charge is 0.410 e. The predicted molar refractivity (Wildman–Crippen MR) is 108 cm³/mol. The van der Waals surface area contributed by atoms with Crippen LogP contribution in [0.3, 0.4) is 0 Å². The molecule has 1 aromatic carbocycles. The first-order valence-corrected chi connectivity index (χ1v) is 9.95. The number of ketones is 1. The lowest BCUT2D eigenvalue weighted by atomic mass is 10.0. The van der Waals surface area contributed by atoms with E-state index in [0.29, 0.717) is 18.5 Å². The van der Waals surface area contributed by atoms with Gasteiger partial charge in [0.2, 0.25) is 0 Å². The van der Waals surface area contributed by atoms with Gasteiger partial charge >= 0.3 is 6.09 Å². The van der Waals surface area contributed by atoms with E-state index in [2.05, 4.69) is 31.3 Å². The molecule has 0 spiro atoms. The molecule has 1 saturated heterocycles. The second-order valence-electron chi connectivity index (χ2n) is 7.51. The first kappa shape index (κ1) is 20.4. The van der Waals surface area contributed by atoms with Crippen molar-refractivity contribution in [3.63, 3.8) is 0 Å². The Morgan fingerprint density at radius 1 is 1.23 bits per heavy atom. The number of ether oxygens (including phenoxy) is 1. The van der Waals surface area contributed by atoms with Crippen LogP contribution in [0.2, 0.25) is 0 Å². The van der Waals surface area contributed by atoms with Gasteiger partial charge in [-0.1, -0.05) is 6.07 Å². The Morgan fingerprint density at radius 3 is 2.50 bits per heavy atom. The Morgan fingerprint density at radius 2 is 1.92 bits per heavy atom. The van der Waals surface area contributed by atoms with Crippen molar-refractivity contribution in [3.05, 3.63) is 39.9 Å². The van der Waals surface area contributed by atoms with E-state index in [4.69, 9.17) is 4.74 Å². The highest BCUT2D eigenvalue weighted by molar-refractivity contribution is 8.02. The van der Waals surface area contributed by atoms with Crippen molar-refractivity contribution < 1.29 is 14.3 Å². The maximum atomic E-state index is 12.5. The van der Waals surface area contributed by atoms with Crippen molar-refractivity contribution in [1.82, 2.24) is 4.90 Å². The van der Waals surface area contributed by atoms with Crippen LogP contribution in [0.15, 0.2) is 28.8 Å². The van der Waals surface area contributed by atoms with E-state index in [-0.39, 0.29) is 18.4 Å². The fraction of sp³-hybridized carbons (Fsp3) is 0.500. The van der Waals surface area contributed by atoms with E-state index in [9.17, 15) is 9.59 Å². The van der Waals surface area contributed by atoms with Gasteiger partial charge in [-0.05, 0) is 64.1 Å². The number of carbonyl (C=O) groups is 2. The molecule has 142 valence electrons. The second kappa shape index (κ2) is 8.16. The molecule has 0 aromatic heterocycles. The molecule has 5 nitrogen and oxygen atoms in total. The first-order valence-electron chi connectivity index (χ1n) is 8.73. The molecular formula is C20H28N2O3S. The van der Waals surface area contributed by atoms with Gasteiger partial charge in [-0.3, -0.25) is 4.79 Å². The fourth-order valence-corrected chi connectivity index (χ4v) is 3.27. The van der Waals surface area contributed by atoms with Crippen molar-refractivity contribution in [2.45, 2.75) is 46.6 Å². The number of aryl methyl sites for hydroxylation is 2. The number of nitrogens with one attached hydrogen (secondary N) is 1. The van der Waals surface area contributed by atoms with Crippen LogP contribution in [-0.2, 0) is 9.53 Å². The predicted octanol–water partition coefficient (Wildman–Crippen LogP) is 4.50. The number of piperidine rings is 1. The zero-order valence-electron chi connectivity index (χ0n) is 16.4. The topological polar surface area (TPSA) is 58.6 Å². The summed E-state index contributed by atoms with van der Waals surface area (Å²) in [7, 11) is 0. The molecule has 6 heteroatoms. The quantitative estimate of drug-likeness (QED) is 0.787. The molecule has 1 aliphatic rings. The summed E-state index contributed by atoms with van der Waals surface area (Å²) in [5, 5.41) is 4.13. The third-order valence-electron chi connectivity index (χ3n) is 4.19. The van der Waals surface area contributed by atoms with E-state index < -0.39 is 5.60 Å². The van der Waals surface area contributed by atoms with Crippen molar-refractivity contribution in [2.75, 3.05) is 24.7 Å². The number of carbonyl (C=O) groups excluding carboxylic acids is 2. The lowest BCUT2D eigenvalue weighted by Gasteiger charge is -2.31. The van der Waals surface area contributed by atoms with Crippen LogP contribution in [0.4, 0.5) is 10.5 Å². The van der Waals surface area contributed by atoms with Gasteiger partial charge in [-0.15, -0.1) is 11.8 Å². The molecule has 0 radical (unpaired) electrons. The number of thioether (sulfide) groups is 1. The molecule has 0 atom stereocenters. The number of nitrogens with zero attached hydrogens (tertiary/aromatic N) is 1. The van der Waals surface area contributed by atoms with Gasteiger partial charge in [-0.2, -0.15) is 0 Å². The van der Waals surface area contributed by atoms with Crippen LogP contribution in [0.1, 0.15) is 38.3 Å². The van der Waals surface area contributed by atoms with Crippen molar-refractivity contribution in [2.24, 2.45) is 0 Å². The molecule has 26 heavy (non-hydrogen) atoms. The number of Topliss-reactive ketones (excluding diaryl/α,β-unsaturated/α-hetero) is 1. The molecule has 0 unspecified atom stereocenters. The third kappa shape index (κ3) is 5.27. The van der Waals surface area contributed by atoms with E-state index in [1.807, 2.05) is 33.1 Å². The lowest BCUT2D eigenvalue weighted by molar-refractivity contribution is -0.117.